The maximum absolute atomic E-state index is 14.4. The van der Waals surface area contributed by atoms with Crippen molar-refractivity contribution in [1.29, 1.82) is 0 Å². The van der Waals surface area contributed by atoms with Crippen LogP contribution in [0, 0.1) is 0 Å². The standard InChI is InChI=1S/C60H101N3O9/c1-3-5-7-9-11-13-15-17-19-21-23-25-27-29-31-39-45-63(54(65)44-38-30-28-26-24-22-20-18-16-14-12-10-8-6-4-2)59-55(57(67)56(66)53(46-64)72-59)62-58(68)52(49-70-47-50-40-34-32-35-41-50)61-60(69)71-48-51-42-36-33-37-43-51/h32-37,40-43,52-53,55-57,59,64,66-67H,3-31,38-39,44-49H2,1-2H3,(H,61,69)(H,62,68)/t52-,53+,55+,56+,57+,59+/m0/s1. The van der Waals surface area contributed by atoms with Gasteiger partial charge in [0.15, 0.2) is 6.23 Å². The first-order valence-electron chi connectivity index (χ1n) is 29.1. The molecule has 1 fully saturated rings. The van der Waals surface area contributed by atoms with Gasteiger partial charge in [0, 0.05) is 13.0 Å². The van der Waals surface area contributed by atoms with E-state index in [4.69, 9.17) is 14.2 Å². The monoisotopic (exact) mass is 1010 g/mol. The zero-order valence-electron chi connectivity index (χ0n) is 45.1. The zero-order chi connectivity index (χ0) is 51.7. The van der Waals surface area contributed by atoms with Gasteiger partial charge in [0.05, 0.1) is 19.8 Å². The van der Waals surface area contributed by atoms with Gasteiger partial charge in [-0.3, -0.25) is 9.59 Å². The molecule has 1 saturated heterocycles. The van der Waals surface area contributed by atoms with Crippen molar-refractivity contribution in [3.8, 4) is 0 Å². The number of hydrogen-bond donors (Lipinski definition) is 5. The molecule has 1 heterocycles. The van der Waals surface area contributed by atoms with E-state index in [0.717, 1.165) is 49.7 Å². The second-order valence-corrected chi connectivity index (χ2v) is 20.6. The minimum Gasteiger partial charge on any atom is -0.445 e. The van der Waals surface area contributed by atoms with E-state index in [1.807, 2.05) is 60.7 Å². The Morgan fingerprint density at radius 1 is 0.569 bits per heavy atom. The van der Waals surface area contributed by atoms with Crippen LogP contribution in [0.4, 0.5) is 4.79 Å². The average molecular weight is 1010 g/mol. The van der Waals surface area contributed by atoms with Crippen LogP contribution in [0.5, 0.6) is 0 Å². The number of ether oxygens (including phenoxy) is 3. The smallest absolute Gasteiger partial charge is 0.408 e. The number of nitrogens with zero attached hydrogens (tertiary/aromatic N) is 1. The quantitative estimate of drug-likeness (QED) is 0.0406. The highest BCUT2D eigenvalue weighted by atomic mass is 16.6. The van der Waals surface area contributed by atoms with Gasteiger partial charge in [0.2, 0.25) is 11.8 Å². The van der Waals surface area contributed by atoms with Gasteiger partial charge in [-0.15, -0.1) is 0 Å². The van der Waals surface area contributed by atoms with E-state index in [9.17, 15) is 29.7 Å². The Labute approximate surface area is 436 Å². The predicted molar refractivity (Wildman–Crippen MR) is 290 cm³/mol. The second kappa shape index (κ2) is 41.8. The summed E-state index contributed by atoms with van der Waals surface area (Å²) in [4.78, 5) is 43.4. The van der Waals surface area contributed by atoms with E-state index < -0.39 is 55.2 Å². The Morgan fingerprint density at radius 2 is 0.986 bits per heavy atom. The van der Waals surface area contributed by atoms with Gasteiger partial charge < -0.3 is 45.1 Å². The van der Waals surface area contributed by atoms with Gasteiger partial charge in [0.1, 0.15) is 37.0 Å². The Kier molecular flexibility index (Phi) is 36.4. The normalized spacial score (nSPS) is 18.2. The number of nitrogens with one attached hydrogen (secondary N) is 2. The lowest BCUT2D eigenvalue weighted by molar-refractivity contribution is -0.231. The van der Waals surface area contributed by atoms with Crippen LogP contribution in [0.2, 0.25) is 0 Å². The van der Waals surface area contributed by atoms with Gasteiger partial charge in [-0.25, -0.2) is 4.79 Å². The first-order chi connectivity index (χ1) is 35.3. The third-order valence-corrected chi connectivity index (χ3v) is 14.3. The Morgan fingerprint density at radius 3 is 1.43 bits per heavy atom. The number of carbonyl (C=O) groups excluding carboxylic acids is 3. The molecule has 3 rings (SSSR count). The first-order valence-corrected chi connectivity index (χ1v) is 29.1. The third kappa shape index (κ3) is 28.2. The van der Waals surface area contributed by atoms with E-state index in [1.54, 1.807) is 4.90 Å². The summed E-state index contributed by atoms with van der Waals surface area (Å²) in [5.41, 5.74) is 1.64. The van der Waals surface area contributed by atoms with E-state index in [0.29, 0.717) is 19.4 Å². The number of aliphatic hydroxyl groups is 3. The maximum atomic E-state index is 14.4. The summed E-state index contributed by atoms with van der Waals surface area (Å²) in [6, 6.07) is 16.0. The van der Waals surface area contributed by atoms with Crippen molar-refractivity contribution in [1.82, 2.24) is 15.5 Å². The molecule has 0 radical (unpaired) electrons. The molecule has 5 N–H and O–H groups in total. The summed E-state index contributed by atoms with van der Waals surface area (Å²) < 4.78 is 17.7. The molecule has 3 amide bonds. The number of rotatable bonds is 44. The Balaban J connectivity index is 1.63. The lowest BCUT2D eigenvalue weighted by Crippen LogP contribution is -2.70. The van der Waals surface area contributed by atoms with Crippen LogP contribution in [0.1, 0.15) is 230 Å². The van der Waals surface area contributed by atoms with Gasteiger partial charge in [0.25, 0.3) is 0 Å². The summed E-state index contributed by atoms with van der Waals surface area (Å²) >= 11 is 0. The molecular formula is C60H101N3O9. The van der Waals surface area contributed by atoms with Crippen molar-refractivity contribution in [3.05, 3.63) is 71.8 Å². The third-order valence-electron chi connectivity index (χ3n) is 14.3. The van der Waals surface area contributed by atoms with E-state index in [-0.39, 0.29) is 32.1 Å². The fraction of sp³-hybridized carbons (Fsp3) is 0.750. The highest BCUT2D eigenvalue weighted by molar-refractivity contribution is 5.86. The van der Waals surface area contributed by atoms with Crippen LogP contribution < -0.4 is 10.6 Å². The van der Waals surface area contributed by atoms with Crippen LogP contribution >= 0.6 is 0 Å². The molecule has 0 aliphatic carbocycles. The molecule has 0 bridgehead atoms. The molecule has 0 saturated carbocycles. The van der Waals surface area contributed by atoms with Crippen molar-refractivity contribution < 1.29 is 43.9 Å². The number of benzene rings is 2. The maximum Gasteiger partial charge on any atom is 0.408 e. The molecule has 6 atom stereocenters. The molecular weight excluding hydrogens is 907 g/mol. The highest BCUT2D eigenvalue weighted by Crippen LogP contribution is 2.26. The first kappa shape index (κ1) is 62.7. The Bertz CT molecular complexity index is 1620. The molecule has 72 heavy (non-hydrogen) atoms. The van der Waals surface area contributed by atoms with Crippen LogP contribution in [0.15, 0.2) is 60.7 Å². The lowest BCUT2D eigenvalue weighted by atomic mass is 9.94. The van der Waals surface area contributed by atoms with Gasteiger partial charge in [-0.1, -0.05) is 261 Å². The van der Waals surface area contributed by atoms with E-state index in [1.165, 1.54) is 148 Å². The summed E-state index contributed by atoms with van der Waals surface area (Å²) in [6.45, 7) is 4.16. The second-order valence-electron chi connectivity index (χ2n) is 20.6. The molecule has 410 valence electrons. The summed E-state index contributed by atoms with van der Waals surface area (Å²) in [5, 5.41) is 38.6. The molecule has 0 unspecified atom stereocenters. The topological polar surface area (TPSA) is 167 Å². The van der Waals surface area contributed by atoms with E-state index >= 15 is 0 Å². The lowest BCUT2D eigenvalue weighted by Gasteiger charge is -2.47. The molecule has 12 heteroatoms. The van der Waals surface area contributed by atoms with Crippen LogP contribution in [0.3, 0.4) is 0 Å². The van der Waals surface area contributed by atoms with Gasteiger partial charge >= 0.3 is 6.09 Å². The fourth-order valence-corrected chi connectivity index (χ4v) is 9.76. The highest BCUT2D eigenvalue weighted by Gasteiger charge is 2.48. The van der Waals surface area contributed by atoms with Crippen molar-refractivity contribution >= 4 is 17.9 Å². The molecule has 12 nitrogen and oxygen atoms in total. The molecule has 0 spiro atoms. The minimum absolute atomic E-state index is 0.0202. The van der Waals surface area contributed by atoms with Crippen LogP contribution in [0.25, 0.3) is 0 Å². The summed E-state index contributed by atoms with van der Waals surface area (Å²) in [6.07, 6.45) is 31.7. The van der Waals surface area contributed by atoms with Crippen molar-refractivity contribution in [2.24, 2.45) is 0 Å². The van der Waals surface area contributed by atoms with E-state index in [2.05, 4.69) is 24.5 Å². The fourth-order valence-electron chi connectivity index (χ4n) is 9.76. The number of unbranched alkanes of at least 4 members (excludes halogenated alkanes) is 29. The SMILES string of the molecule is CCCCCCCCCCCCCCCCCCN(C(=O)CCCCCCCCCCCCCCCCC)[C@@H]1O[C@H](CO)[C@@H](O)[C@H](O)[C@H]1NC(=O)[C@H](COCc1ccccc1)NC(=O)OCc1ccccc1. The molecule has 0 aromatic heterocycles. The van der Waals surface area contributed by atoms with Gasteiger partial charge in [-0.05, 0) is 24.0 Å². The predicted octanol–water partition coefficient (Wildman–Crippen LogP) is 12.8. The van der Waals surface area contributed by atoms with Crippen LogP contribution in [-0.2, 0) is 37.0 Å². The minimum atomic E-state index is -1.60. The molecule has 1 aliphatic heterocycles. The Hall–Kier alpha value is -3.55. The average Bonchev–Trinajstić information content (AvgIpc) is 3.39. The summed E-state index contributed by atoms with van der Waals surface area (Å²) in [5.74, 6) is -0.884. The number of aliphatic hydroxyl groups excluding tert-OH is 3. The largest absolute Gasteiger partial charge is 0.445 e. The molecule has 2 aromatic carbocycles. The number of hydrogen-bond acceptors (Lipinski definition) is 9. The molecule has 1 aliphatic rings. The molecule has 2 aromatic rings. The number of alkyl carbamates (subject to hydrolysis) is 1. The van der Waals surface area contributed by atoms with Crippen molar-refractivity contribution in [2.45, 2.75) is 269 Å². The van der Waals surface area contributed by atoms with Crippen molar-refractivity contribution in [2.75, 3.05) is 19.8 Å². The number of amides is 3. The number of carbonyl (C=O) groups is 3. The summed E-state index contributed by atoms with van der Waals surface area (Å²) in [7, 11) is 0. The van der Waals surface area contributed by atoms with Gasteiger partial charge in [-0.2, -0.15) is 0 Å². The van der Waals surface area contributed by atoms with Crippen LogP contribution in [-0.4, -0.2) is 94.5 Å². The zero-order valence-corrected chi connectivity index (χ0v) is 45.1. The van der Waals surface area contributed by atoms with Crippen molar-refractivity contribution in [3.63, 3.8) is 0 Å².